The van der Waals surface area contributed by atoms with Crippen LogP contribution in [0.5, 0.6) is 17.2 Å². The molecule has 0 saturated heterocycles. The molecule has 0 unspecified atom stereocenters. The first-order valence-corrected chi connectivity index (χ1v) is 4.85. The molecule has 0 aliphatic rings. The summed E-state index contributed by atoms with van der Waals surface area (Å²) in [5, 5.41) is 8.61. The average Bonchev–Trinajstić information content (AvgIpc) is 2.34. The Morgan fingerprint density at radius 1 is 1.06 bits per heavy atom. The topological polar surface area (TPSA) is 47.9 Å². The molecule has 1 aromatic rings. The van der Waals surface area contributed by atoms with Crippen LogP contribution in [0.1, 0.15) is 5.56 Å². The SMILES string of the molecule is COc1cc(CC=CO)cc(OC)c1OC. The van der Waals surface area contributed by atoms with Crippen LogP contribution in [0.4, 0.5) is 0 Å². The maximum absolute atomic E-state index is 8.61. The van der Waals surface area contributed by atoms with E-state index in [0.717, 1.165) is 11.8 Å². The molecule has 4 nitrogen and oxygen atoms in total. The summed E-state index contributed by atoms with van der Waals surface area (Å²) in [5.74, 6) is 1.80. The van der Waals surface area contributed by atoms with Gasteiger partial charge in [0.25, 0.3) is 0 Å². The quantitative estimate of drug-likeness (QED) is 0.780. The zero-order valence-electron chi connectivity index (χ0n) is 9.69. The van der Waals surface area contributed by atoms with Crippen LogP contribution in [0.15, 0.2) is 24.5 Å². The summed E-state index contributed by atoms with van der Waals surface area (Å²) in [4.78, 5) is 0. The maximum atomic E-state index is 8.61. The minimum Gasteiger partial charge on any atom is -0.516 e. The van der Waals surface area contributed by atoms with E-state index in [0.29, 0.717) is 23.7 Å². The van der Waals surface area contributed by atoms with Crippen molar-refractivity contribution in [1.82, 2.24) is 0 Å². The van der Waals surface area contributed by atoms with Crippen molar-refractivity contribution in [3.63, 3.8) is 0 Å². The molecule has 0 aromatic heterocycles. The van der Waals surface area contributed by atoms with Crippen molar-refractivity contribution in [1.29, 1.82) is 0 Å². The van der Waals surface area contributed by atoms with Crippen molar-refractivity contribution in [2.75, 3.05) is 21.3 Å². The summed E-state index contributed by atoms with van der Waals surface area (Å²) >= 11 is 0. The molecular formula is C12H16O4. The van der Waals surface area contributed by atoms with Crippen LogP contribution >= 0.6 is 0 Å². The fourth-order valence-corrected chi connectivity index (χ4v) is 1.44. The molecule has 0 fully saturated rings. The van der Waals surface area contributed by atoms with Crippen LogP contribution in [0.2, 0.25) is 0 Å². The summed E-state index contributed by atoms with van der Waals surface area (Å²) < 4.78 is 15.6. The minimum absolute atomic E-state index is 0.571. The Labute approximate surface area is 95.1 Å². The van der Waals surface area contributed by atoms with Gasteiger partial charge in [-0.2, -0.15) is 0 Å². The molecule has 0 aliphatic carbocycles. The third-order valence-electron chi connectivity index (χ3n) is 2.18. The Kier molecular flexibility index (Phi) is 4.51. The van der Waals surface area contributed by atoms with Crippen LogP contribution in [-0.4, -0.2) is 26.4 Å². The van der Waals surface area contributed by atoms with Crippen molar-refractivity contribution in [3.05, 3.63) is 30.0 Å². The Bertz CT molecular complexity index is 346. The van der Waals surface area contributed by atoms with Crippen molar-refractivity contribution < 1.29 is 19.3 Å². The second-order valence-corrected chi connectivity index (χ2v) is 3.12. The third kappa shape index (κ3) is 2.59. The number of aliphatic hydroxyl groups is 1. The van der Waals surface area contributed by atoms with Gasteiger partial charge in [-0.05, 0) is 30.2 Å². The molecule has 88 valence electrons. The van der Waals surface area contributed by atoms with Crippen LogP contribution in [0.25, 0.3) is 0 Å². The van der Waals surface area contributed by atoms with Gasteiger partial charge in [0.15, 0.2) is 11.5 Å². The van der Waals surface area contributed by atoms with Crippen LogP contribution in [-0.2, 0) is 6.42 Å². The summed E-state index contributed by atoms with van der Waals surface area (Å²) in [6, 6.07) is 3.70. The predicted octanol–water partition coefficient (Wildman–Crippen LogP) is 2.33. The summed E-state index contributed by atoms with van der Waals surface area (Å²) in [7, 11) is 4.71. The van der Waals surface area contributed by atoms with Gasteiger partial charge in [0.05, 0.1) is 27.6 Å². The van der Waals surface area contributed by atoms with E-state index in [-0.39, 0.29) is 0 Å². The second-order valence-electron chi connectivity index (χ2n) is 3.12. The van der Waals surface area contributed by atoms with E-state index in [4.69, 9.17) is 19.3 Å². The smallest absolute Gasteiger partial charge is 0.203 e. The highest BCUT2D eigenvalue weighted by atomic mass is 16.5. The summed E-state index contributed by atoms with van der Waals surface area (Å²) in [6.45, 7) is 0. The fraction of sp³-hybridized carbons (Fsp3) is 0.333. The van der Waals surface area contributed by atoms with Crippen molar-refractivity contribution in [2.24, 2.45) is 0 Å². The van der Waals surface area contributed by atoms with Gasteiger partial charge >= 0.3 is 0 Å². The van der Waals surface area contributed by atoms with E-state index < -0.39 is 0 Å². The number of hydrogen-bond acceptors (Lipinski definition) is 4. The Morgan fingerprint density at radius 3 is 2.00 bits per heavy atom. The first-order valence-electron chi connectivity index (χ1n) is 4.85. The molecule has 16 heavy (non-hydrogen) atoms. The molecule has 1 N–H and O–H groups in total. The van der Waals surface area contributed by atoms with Crippen molar-refractivity contribution in [3.8, 4) is 17.2 Å². The molecule has 1 rings (SSSR count). The second kappa shape index (κ2) is 5.90. The molecule has 0 heterocycles. The average molecular weight is 224 g/mol. The van der Waals surface area contributed by atoms with Gasteiger partial charge in [-0.3, -0.25) is 0 Å². The van der Waals surface area contributed by atoms with Gasteiger partial charge in [-0.15, -0.1) is 0 Å². The van der Waals surface area contributed by atoms with E-state index in [9.17, 15) is 0 Å². The number of methoxy groups -OCH3 is 3. The molecule has 0 spiro atoms. The Balaban J connectivity index is 3.14. The van der Waals surface area contributed by atoms with Crippen LogP contribution in [0.3, 0.4) is 0 Å². The lowest BCUT2D eigenvalue weighted by atomic mass is 10.1. The Morgan fingerprint density at radius 2 is 1.62 bits per heavy atom. The molecule has 0 amide bonds. The van der Waals surface area contributed by atoms with Gasteiger partial charge in [0.2, 0.25) is 5.75 Å². The first kappa shape index (κ1) is 12.2. The van der Waals surface area contributed by atoms with E-state index in [1.165, 1.54) is 0 Å². The van der Waals surface area contributed by atoms with Gasteiger partial charge in [0.1, 0.15) is 0 Å². The molecule has 4 heteroatoms. The number of benzene rings is 1. The zero-order chi connectivity index (χ0) is 12.0. The van der Waals surface area contributed by atoms with Crippen molar-refractivity contribution >= 4 is 0 Å². The molecular weight excluding hydrogens is 208 g/mol. The highest BCUT2D eigenvalue weighted by Crippen LogP contribution is 2.38. The molecule has 0 atom stereocenters. The summed E-state index contributed by atoms with van der Waals surface area (Å²) in [5.41, 5.74) is 0.972. The monoisotopic (exact) mass is 224 g/mol. The van der Waals surface area contributed by atoms with Gasteiger partial charge < -0.3 is 19.3 Å². The fourth-order valence-electron chi connectivity index (χ4n) is 1.44. The predicted molar refractivity (Wildman–Crippen MR) is 61.6 cm³/mol. The molecule has 0 saturated carbocycles. The normalized spacial score (nSPS) is 10.4. The largest absolute Gasteiger partial charge is 0.516 e. The number of ether oxygens (including phenoxy) is 3. The molecule has 0 aliphatic heterocycles. The number of allylic oxidation sites excluding steroid dienone is 1. The lowest BCUT2D eigenvalue weighted by molar-refractivity contribution is 0.324. The lowest BCUT2D eigenvalue weighted by Gasteiger charge is -2.13. The standard InChI is InChI=1S/C12H16O4/c1-14-10-7-9(5-4-6-13)8-11(15-2)12(10)16-3/h4,6-8,13H,5H2,1-3H3. The molecule has 0 bridgehead atoms. The zero-order valence-corrected chi connectivity index (χ0v) is 9.69. The van der Waals surface area contributed by atoms with E-state index in [2.05, 4.69) is 0 Å². The maximum Gasteiger partial charge on any atom is 0.203 e. The molecule has 0 radical (unpaired) electrons. The lowest BCUT2D eigenvalue weighted by Crippen LogP contribution is -1.96. The molecule has 1 aromatic carbocycles. The van der Waals surface area contributed by atoms with Gasteiger partial charge in [0, 0.05) is 0 Å². The van der Waals surface area contributed by atoms with Crippen LogP contribution < -0.4 is 14.2 Å². The van der Waals surface area contributed by atoms with Gasteiger partial charge in [-0.1, -0.05) is 0 Å². The van der Waals surface area contributed by atoms with Crippen molar-refractivity contribution in [2.45, 2.75) is 6.42 Å². The van der Waals surface area contributed by atoms with E-state index in [1.807, 2.05) is 12.1 Å². The number of hydrogen-bond donors (Lipinski definition) is 1. The Hall–Kier alpha value is -1.84. The summed E-state index contributed by atoms with van der Waals surface area (Å²) in [6.07, 6.45) is 3.26. The number of aliphatic hydroxyl groups excluding tert-OH is 1. The third-order valence-corrected chi connectivity index (χ3v) is 2.18. The van der Waals surface area contributed by atoms with Gasteiger partial charge in [-0.25, -0.2) is 0 Å². The van der Waals surface area contributed by atoms with E-state index >= 15 is 0 Å². The minimum atomic E-state index is 0.571. The van der Waals surface area contributed by atoms with E-state index in [1.54, 1.807) is 27.4 Å². The highest BCUT2D eigenvalue weighted by Gasteiger charge is 2.12. The number of rotatable bonds is 5. The first-order chi connectivity index (χ1) is 7.76. The highest BCUT2D eigenvalue weighted by molar-refractivity contribution is 5.54. The van der Waals surface area contributed by atoms with Crippen LogP contribution in [0, 0.1) is 0 Å².